The first-order chi connectivity index (χ1) is 10.1. The van der Waals surface area contributed by atoms with Gasteiger partial charge in [-0.2, -0.15) is 0 Å². The minimum absolute atomic E-state index is 0.139. The van der Waals surface area contributed by atoms with E-state index in [4.69, 9.17) is 5.84 Å². The summed E-state index contributed by atoms with van der Waals surface area (Å²) < 4.78 is 0. The number of rotatable bonds is 5. The second-order valence-electron chi connectivity index (χ2n) is 5.45. The predicted octanol–water partition coefficient (Wildman–Crippen LogP) is 2.68. The number of para-hydroxylation sites is 1. The molecule has 2 aromatic rings. The van der Waals surface area contributed by atoms with E-state index in [9.17, 15) is 4.79 Å². The van der Waals surface area contributed by atoms with Gasteiger partial charge in [0.15, 0.2) is 0 Å². The van der Waals surface area contributed by atoms with Crippen LogP contribution >= 0.6 is 0 Å². The number of amides is 1. The van der Waals surface area contributed by atoms with Crippen LogP contribution in [0, 0.1) is 5.92 Å². The van der Waals surface area contributed by atoms with Crippen molar-refractivity contribution >= 4 is 22.5 Å². The van der Waals surface area contributed by atoms with E-state index in [2.05, 4.69) is 36.5 Å². The number of carbonyl (C=O) groups excluding carboxylic acids is 1. The molecular formula is C16H22N4O. The van der Waals surface area contributed by atoms with E-state index in [1.165, 1.54) is 0 Å². The molecule has 21 heavy (non-hydrogen) atoms. The summed E-state index contributed by atoms with van der Waals surface area (Å²) >= 11 is 0. The van der Waals surface area contributed by atoms with Crippen LogP contribution in [0.25, 0.3) is 10.9 Å². The lowest BCUT2D eigenvalue weighted by molar-refractivity contribution is 0.0920. The number of nitrogens with two attached hydrogens (primary N) is 1. The SMILES string of the molecule is CCC(NC(=O)c1cc(NN)c2ccccc2n1)C(C)C. The summed E-state index contributed by atoms with van der Waals surface area (Å²) in [7, 11) is 0. The van der Waals surface area contributed by atoms with E-state index in [-0.39, 0.29) is 11.9 Å². The van der Waals surface area contributed by atoms with Crippen LogP contribution in [0.1, 0.15) is 37.7 Å². The number of benzene rings is 1. The van der Waals surface area contributed by atoms with Gasteiger partial charge < -0.3 is 10.7 Å². The van der Waals surface area contributed by atoms with Crippen molar-refractivity contribution in [2.24, 2.45) is 11.8 Å². The number of anilines is 1. The fourth-order valence-electron chi connectivity index (χ4n) is 2.39. The van der Waals surface area contributed by atoms with E-state index >= 15 is 0 Å². The van der Waals surface area contributed by atoms with Crippen LogP contribution < -0.4 is 16.6 Å². The van der Waals surface area contributed by atoms with Gasteiger partial charge >= 0.3 is 0 Å². The fourth-order valence-corrected chi connectivity index (χ4v) is 2.39. The molecule has 0 saturated heterocycles. The second kappa shape index (κ2) is 6.54. The Balaban J connectivity index is 2.35. The maximum atomic E-state index is 12.4. The number of hydrogen-bond acceptors (Lipinski definition) is 4. The van der Waals surface area contributed by atoms with Gasteiger partial charge in [0.25, 0.3) is 5.91 Å². The van der Waals surface area contributed by atoms with Crippen molar-refractivity contribution in [3.63, 3.8) is 0 Å². The summed E-state index contributed by atoms with van der Waals surface area (Å²) in [5.41, 5.74) is 4.45. The van der Waals surface area contributed by atoms with Gasteiger partial charge in [-0.05, 0) is 24.5 Å². The highest BCUT2D eigenvalue weighted by Crippen LogP contribution is 2.22. The largest absolute Gasteiger partial charge is 0.348 e. The maximum Gasteiger partial charge on any atom is 0.270 e. The van der Waals surface area contributed by atoms with Crippen molar-refractivity contribution in [1.82, 2.24) is 10.3 Å². The first kappa shape index (κ1) is 15.3. The minimum atomic E-state index is -0.169. The van der Waals surface area contributed by atoms with Gasteiger partial charge in [0.2, 0.25) is 0 Å². The van der Waals surface area contributed by atoms with Gasteiger partial charge in [-0.3, -0.25) is 10.6 Å². The van der Waals surface area contributed by atoms with Crippen LogP contribution in [0.4, 0.5) is 5.69 Å². The minimum Gasteiger partial charge on any atom is -0.348 e. The molecule has 5 nitrogen and oxygen atoms in total. The zero-order valence-electron chi connectivity index (χ0n) is 12.7. The molecule has 0 saturated carbocycles. The number of fused-ring (bicyclic) bond motifs is 1. The molecule has 112 valence electrons. The molecule has 1 amide bonds. The average molecular weight is 286 g/mol. The highest BCUT2D eigenvalue weighted by atomic mass is 16.1. The number of nitrogens with one attached hydrogen (secondary N) is 2. The molecule has 1 heterocycles. The molecule has 1 aromatic carbocycles. The summed E-state index contributed by atoms with van der Waals surface area (Å²) in [4.78, 5) is 16.8. The molecule has 5 heteroatoms. The molecule has 1 unspecified atom stereocenters. The average Bonchev–Trinajstić information content (AvgIpc) is 2.50. The molecule has 2 rings (SSSR count). The van der Waals surface area contributed by atoms with Crippen LogP contribution in [0.3, 0.4) is 0 Å². The van der Waals surface area contributed by atoms with Crippen LogP contribution in [0.2, 0.25) is 0 Å². The van der Waals surface area contributed by atoms with E-state index < -0.39 is 0 Å². The number of nitrogens with zero attached hydrogens (tertiary/aromatic N) is 1. The summed E-state index contributed by atoms with van der Waals surface area (Å²) in [5, 5.41) is 3.92. The Kier molecular flexibility index (Phi) is 4.75. The van der Waals surface area contributed by atoms with Crippen LogP contribution in [0.5, 0.6) is 0 Å². The molecule has 0 aliphatic heterocycles. The number of hydrazine groups is 1. The third kappa shape index (κ3) is 3.31. The normalized spacial score (nSPS) is 12.4. The Bertz CT molecular complexity index is 639. The Labute approximate surface area is 124 Å². The summed E-state index contributed by atoms with van der Waals surface area (Å²) in [5.74, 6) is 5.76. The van der Waals surface area contributed by atoms with E-state index in [1.54, 1.807) is 6.07 Å². The molecule has 0 aliphatic rings. The predicted molar refractivity (Wildman–Crippen MR) is 85.9 cm³/mol. The summed E-state index contributed by atoms with van der Waals surface area (Å²) in [6.07, 6.45) is 0.888. The van der Waals surface area contributed by atoms with Crippen molar-refractivity contribution < 1.29 is 4.79 Å². The third-order valence-electron chi connectivity index (χ3n) is 3.67. The van der Waals surface area contributed by atoms with Crippen molar-refractivity contribution in [2.75, 3.05) is 5.43 Å². The van der Waals surface area contributed by atoms with Gasteiger partial charge in [0.1, 0.15) is 5.69 Å². The number of pyridine rings is 1. The molecule has 0 bridgehead atoms. The molecule has 0 aliphatic carbocycles. The highest BCUT2D eigenvalue weighted by molar-refractivity contribution is 5.99. The standard InChI is InChI=1S/C16H22N4O/c1-4-12(10(2)3)19-16(21)15-9-14(20-17)11-7-5-6-8-13(11)18-15/h5-10,12H,4,17H2,1-3H3,(H,18,20)(H,19,21). The lowest BCUT2D eigenvalue weighted by Crippen LogP contribution is -2.38. The van der Waals surface area contributed by atoms with Crippen molar-refractivity contribution in [3.8, 4) is 0 Å². The van der Waals surface area contributed by atoms with Crippen molar-refractivity contribution in [2.45, 2.75) is 33.2 Å². The highest BCUT2D eigenvalue weighted by Gasteiger charge is 2.17. The Hall–Kier alpha value is -2.14. The molecular weight excluding hydrogens is 264 g/mol. The van der Waals surface area contributed by atoms with E-state index in [0.29, 0.717) is 17.3 Å². The number of carbonyl (C=O) groups is 1. The molecule has 0 fully saturated rings. The Morgan fingerprint density at radius 2 is 2.05 bits per heavy atom. The van der Waals surface area contributed by atoms with Gasteiger partial charge in [0, 0.05) is 11.4 Å². The quantitative estimate of drug-likeness (QED) is 0.583. The van der Waals surface area contributed by atoms with E-state index in [0.717, 1.165) is 17.3 Å². The monoisotopic (exact) mass is 286 g/mol. The lowest BCUT2D eigenvalue weighted by Gasteiger charge is -2.20. The molecule has 0 radical (unpaired) electrons. The maximum absolute atomic E-state index is 12.4. The molecule has 4 N–H and O–H groups in total. The number of hydrogen-bond donors (Lipinski definition) is 3. The van der Waals surface area contributed by atoms with Crippen molar-refractivity contribution in [3.05, 3.63) is 36.0 Å². The zero-order valence-corrected chi connectivity index (χ0v) is 12.7. The summed E-state index contributed by atoms with van der Waals surface area (Å²) in [6.45, 7) is 6.25. The molecule has 1 aromatic heterocycles. The number of nitrogen functional groups attached to an aromatic ring is 1. The summed E-state index contributed by atoms with van der Waals surface area (Å²) in [6, 6.07) is 9.41. The first-order valence-corrected chi connectivity index (χ1v) is 7.24. The first-order valence-electron chi connectivity index (χ1n) is 7.24. The fraction of sp³-hybridized carbons (Fsp3) is 0.375. The van der Waals surface area contributed by atoms with Gasteiger partial charge in [0.05, 0.1) is 11.2 Å². The van der Waals surface area contributed by atoms with Crippen LogP contribution in [-0.4, -0.2) is 16.9 Å². The zero-order chi connectivity index (χ0) is 15.4. The van der Waals surface area contributed by atoms with Crippen molar-refractivity contribution in [1.29, 1.82) is 0 Å². The number of aromatic nitrogens is 1. The van der Waals surface area contributed by atoms with E-state index in [1.807, 2.05) is 24.3 Å². The van der Waals surface area contributed by atoms with Crippen LogP contribution in [-0.2, 0) is 0 Å². The topological polar surface area (TPSA) is 80.0 Å². The Morgan fingerprint density at radius 1 is 1.33 bits per heavy atom. The van der Waals surface area contributed by atoms with Crippen LogP contribution in [0.15, 0.2) is 30.3 Å². The molecule has 1 atom stereocenters. The lowest BCUT2D eigenvalue weighted by atomic mass is 10.0. The van der Waals surface area contributed by atoms with Gasteiger partial charge in [-0.1, -0.05) is 39.0 Å². The van der Waals surface area contributed by atoms with Gasteiger partial charge in [-0.25, -0.2) is 4.98 Å². The third-order valence-corrected chi connectivity index (χ3v) is 3.67. The molecule has 0 spiro atoms. The Morgan fingerprint density at radius 3 is 2.67 bits per heavy atom. The van der Waals surface area contributed by atoms with Gasteiger partial charge in [-0.15, -0.1) is 0 Å². The smallest absolute Gasteiger partial charge is 0.270 e. The second-order valence-corrected chi connectivity index (χ2v) is 5.45.